The monoisotopic (exact) mass is 313 g/mol. The summed E-state index contributed by atoms with van der Waals surface area (Å²) >= 11 is 0. The van der Waals surface area contributed by atoms with Gasteiger partial charge < -0.3 is 15.6 Å². The van der Waals surface area contributed by atoms with E-state index in [9.17, 15) is 18.0 Å². The van der Waals surface area contributed by atoms with Gasteiger partial charge in [-0.3, -0.25) is 4.79 Å². The first-order valence-corrected chi connectivity index (χ1v) is 6.90. The van der Waals surface area contributed by atoms with Gasteiger partial charge in [-0.05, 0) is 25.7 Å². The van der Waals surface area contributed by atoms with Gasteiger partial charge in [0, 0.05) is 6.04 Å². The molecule has 0 heterocycles. The van der Waals surface area contributed by atoms with E-state index >= 15 is 0 Å². The highest BCUT2D eigenvalue weighted by Crippen LogP contribution is 2.25. The topological polar surface area (TPSA) is 89.6 Å². The molecule has 0 saturated heterocycles. The summed E-state index contributed by atoms with van der Waals surface area (Å²) in [5.41, 5.74) is 5.73. The highest BCUT2D eigenvalue weighted by Gasteiger charge is 2.38. The van der Waals surface area contributed by atoms with Crippen molar-refractivity contribution in [3.05, 3.63) is 0 Å². The third-order valence-electron chi connectivity index (χ3n) is 3.04. The van der Waals surface area contributed by atoms with E-state index in [0.29, 0.717) is 6.61 Å². The first-order valence-electron chi connectivity index (χ1n) is 6.90. The van der Waals surface area contributed by atoms with Gasteiger partial charge in [0.15, 0.2) is 0 Å². The Labute approximate surface area is 121 Å². The Hall–Kier alpha value is -1.31. The van der Waals surface area contributed by atoms with Gasteiger partial charge in [-0.15, -0.1) is 0 Å². The molecule has 8 heteroatoms. The number of carbonyl (C=O) groups excluding carboxylic acids is 1. The largest absolute Gasteiger partial charge is 0.490 e. The van der Waals surface area contributed by atoms with Crippen molar-refractivity contribution in [1.82, 2.24) is 0 Å². The van der Waals surface area contributed by atoms with E-state index in [0.717, 1.165) is 38.5 Å². The van der Waals surface area contributed by atoms with Gasteiger partial charge in [-0.1, -0.05) is 19.8 Å². The number of carboxylic acid groups (broad SMARTS) is 1. The molecule has 0 spiro atoms. The Morgan fingerprint density at radius 3 is 2.24 bits per heavy atom. The fourth-order valence-corrected chi connectivity index (χ4v) is 1.87. The van der Waals surface area contributed by atoms with Crippen LogP contribution in [-0.4, -0.2) is 35.9 Å². The van der Waals surface area contributed by atoms with Crippen molar-refractivity contribution in [2.24, 2.45) is 11.7 Å². The number of aliphatic carboxylic acids is 1. The third-order valence-corrected chi connectivity index (χ3v) is 3.04. The number of unbranched alkanes of at least 4 members (excludes halogenated alkanes) is 2. The Bertz CT molecular complexity index is 334. The summed E-state index contributed by atoms with van der Waals surface area (Å²) in [4.78, 5) is 20.4. The van der Waals surface area contributed by atoms with Crippen molar-refractivity contribution in [3.8, 4) is 0 Å². The van der Waals surface area contributed by atoms with Crippen LogP contribution < -0.4 is 5.73 Å². The summed E-state index contributed by atoms with van der Waals surface area (Å²) in [7, 11) is 0. The highest BCUT2D eigenvalue weighted by atomic mass is 19.4. The fourth-order valence-electron chi connectivity index (χ4n) is 1.87. The molecule has 1 aliphatic carbocycles. The van der Waals surface area contributed by atoms with E-state index in [-0.39, 0.29) is 17.9 Å². The number of alkyl halides is 3. The van der Waals surface area contributed by atoms with E-state index in [4.69, 9.17) is 20.4 Å². The number of rotatable bonds is 5. The number of esters is 1. The second-order valence-corrected chi connectivity index (χ2v) is 4.95. The number of ether oxygens (including phenoxy) is 1. The SMILES string of the molecule is CCCCCOC(=O)C1CCC(N)C1.O=C(O)C(F)(F)F. The maximum atomic E-state index is 11.5. The molecular formula is C13H22F3NO4. The van der Waals surface area contributed by atoms with E-state index in [1.54, 1.807) is 0 Å². The highest BCUT2D eigenvalue weighted by molar-refractivity contribution is 5.73. The second-order valence-electron chi connectivity index (χ2n) is 4.95. The van der Waals surface area contributed by atoms with Crippen molar-refractivity contribution in [2.75, 3.05) is 6.61 Å². The predicted octanol–water partition coefficient (Wildman–Crippen LogP) is 2.48. The van der Waals surface area contributed by atoms with Gasteiger partial charge in [-0.25, -0.2) is 4.79 Å². The Morgan fingerprint density at radius 1 is 1.29 bits per heavy atom. The molecule has 124 valence electrons. The zero-order valence-corrected chi connectivity index (χ0v) is 12.0. The first-order chi connectivity index (χ1) is 9.68. The fraction of sp³-hybridized carbons (Fsp3) is 0.846. The van der Waals surface area contributed by atoms with Gasteiger partial charge in [0.2, 0.25) is 0 Å². The molecule has 0 amide bonds. The molecule has 0 bridgehead atoms. The lowest BCUT2D eigenvalue weighted by molar-refractivity contribution is -0.192. The molecule has 0 aliphatic heterocycles. The predicted molar refractivity (Wildman–Crippen MR) is 69.5 cm³/mol. The average Bonchev–Trinajstić information content (AvgIpc) is 2.81. The number of halogens is 3. The minimum absolute atomic E-state index is 0.0333. The Morgan fingerprint density at radius 2 is 1.86 bits per heavy atom. The molecule has 3 N–H and O–H groups in total. The van der Waals surface area contributed by atoms with E-state index in [1.807, 2.05) is 0 Å². The molecule has 1 saturated carbocycles. The van der Waals surface area contributed by atoms with Crippen molar-refractivity contribution < 1.29 is 32.6 Å². The zero-order valence-electron chi connectivity index (χ0n) is 12.0. The van der Waals surface area contributed by atoms with Crippen LogP contribution >= 0.6 is 0 Å². The molecule has 0 aromatic rings. The Balaban J connectivity index is 0.000000486. The van der Waals surface area contributed by atoms with Gasteiger partial charge in [-0.2, -0.15) is 13.2 Å². The third kappa shape index (κ3) is 9.28. The van der Waals surface area contributed by atoms with Gasteiger partial charge in [0.05, 0.1) is 12.5 Å². The minimum Gasteiger partial charge on any atom is -0.475 e. The van der Waals surface area contributed by atoms with Crippen LogP contribution in [0.25, 0.3) is 0 Å². The first kappa shape index (κ1) is 19.7. The van der Waals surface area contributed by atoms with Crippen LogP contribution in [0.15, 0.2) is 0 Å². The lowest BCUT2D eigenvalue weighted by Gasteiger charge is -2.09. The van der Waals surface area contributed by atoms with Crippen LogP contribution in [0.3, 0.4) is 0 Å². The van der Waals surface area contributed by atoms with Crippen LogP contribution in [0.4, 0.5) is 13.2 Å². The quantitative estimate of drug-likeness (QED) is 0.601. The molecule has 2 atom stereocenters. The number of hydrogen-bond acceptors (Lipinski definition) is 4. The molecule has 0 aromatic heterocycles. The van der Waals surface area contributed by atoms with Crippen molar-refractivity contribution in [3.63, 3.8) is 0 Å². The number of hydrogen-bond donors (Lipinski definition) is 2. The minimum atomic E-state index is -5.08. The number of carbonyl (C=O) groups is 2. The van der Waals surface area contributed by atoms with Crippen molar-refractivity contribution >= 4 is 11.9 Å². The van der Waals surface area contributed by atoms with Crippen molar-refractivity contribution in [1.29, 1.82) is 0 Å². The second kappa shape index (κ2) is 9.59. The van der Waals surface area contributed by atoms with E-state index < -0.39 is 12.1 Å². The van der Waals surface area contributed by atoms with Crippen LogP contribution in [0, 0.1) is 5.92 Å². The van der Waals surface area contributed by atoms with Crippen LogP contribution in [-0.2, 0) is 14.3 Å². The summed E-state index contributed by atoms with van der Waals surface area (Å²) < 4.78 is 36.9. The van der Waals surface area contributed by atoms with Crippen LogP contribution in [0.2, 0.25) is 0 Å². The molecule has 2 unspecified atom stereocenters. The normalized spacial score (nSPS) is 21.4. The lowest BCUT2D eigenvalue weighted by Crippen LogP contribution is -2.21. The molecular weight excluding hydrogens is 291 g/mol. The maximum absolute atomic E-state index is 11.5. The van der Waals surface area contributed by atoms with E-state index in [1.165, 1.54) is 0 Å². The molecule has 1 fully saturated rings. The number of carboxylic acids is 1. The molecule has 0 aromatic carbocycles. The maximum Gasteiger partial charge on any atom is 0.490 e. The standard InChI is InChI=1S/C11H21NO2.C2HF3O2/c1-2-3-4-7-14-11(13)9-5-6-10(12)8-9;3-2(4,5)1(6)7/h9-10H,2-8,12H2,1H3;(H,6,7). The Kier molecular flexibility index (Phi) is 9.00. The van der Waals surface area contributed by atoms with Crippen molar-refractivity contribution in [2.45, 2.75) is 57.7 Å². The zero-order chi connectivity index (χ0) is 16.5. The smallest absolute Gasteiger partial charge is 0.475 e. The van der Waals surface area contributed by atoms with Crippen LogP contribution in [0.1, 0.15) is 45.4 Å². The average molecular weight is 313 g/mol. The lowest BCUT2D eigenvalue weighted by atomic mass is 10.1. The molecule has 0 radical (unpaired) electrons. The van der Waals surface area contributed by atoms with Gasteiger partial charge >= 0.3 is 18.1 Å². The molecule has 1 aliphatic rings. The molecule has 21 heavy (non-hydrogen) atoms. The molecule has 1 rings (SSSR count). The summed E-state index contributed by atoms with van der Waals surface area (Å²) in [6.07, 6.45) is 0.888. The summed E-state index contributed by atoms with van der Waals surface area (Å²) in [6.45, 7) is 2.72. The van der Waals surface area contributed by atoms with E-state index in [2.05, 4.69) is 6.92 Å². The number of nitrogens with two attached hydrogens (primary N) is 1. The summed E-state index contributed by atoms with van der Waals surface area (Å²) in [5, 5.41) is 7.12. The summed E-state index contributed by atoms with van der Waals surface area (Å²) in [5.74, 6) is -2.71. The summed E-state index contributed by atoms with van der Waals surface area (Å²) in [6, 6.07) is 0.211. The van der Waals surface area contributed by atoms with Gasteiger partial charge in [0.25, 0.3) is 0 Å². The molecule has 5 nitrogen and oxygen atoms in total. The van der Waals surface area contributed by atoms with Gasteiger partial charge in [0.1, 0.15) is 0 Å². The van der Waals surface area contributed by atoms with Crippen LogP contribution in [0.5, 0.6) is 0 Å².